The fourth-order valence-corrected chi connectivity index (χ4v) is 3.90. The number of rotatable bonds is 7. The third-order valence-electron chi connectivity index (χ3n) is 3.19. The Morgan fingerprint density at radius 2 is 1.85 bits per heavy atom. The molecule has 0 radical (unpaired) electrons. The predicted molar refractivity (Wildman–Crippen MR) is 76.9 cm³/mol. The van der Waals surface area contributed by atoms with Crippen LogP contribution in [-0.2, 0) is 20.2 Å². The summed E-state index contributed by atoms with van der Waals surface area (Å²) in [7, 11) is -3.09. The van der Waals surface area contributed by atoms with Crippen molar-refractivity contribution in [1.82, 2.24) is 4.90 Å². The largest absolute Gasteiger partial charge is 0.334 e. The van der Waals surface area contributed by atoms with Crippen molar-refractivity contribution in [3.8, 4) is 0 Å². The van der Waals surface area contributed by atoms with Crippen molar-refractivity contribution in [1.29, 1.82) is 0 Å². The summed E-state index contributed by atoms with van der Waals surface area (Å²) in [6.07, 6.45) is 0.231. The van der Waals surface area contributed by atoms with E-state index in [9.17, 15) is 9.36 Å². The van der Waals surface area contributed by atoms with Gasteiger partial charge in [-0.1, -0.05) is 18.2 Å². The molecular formula is C14H20NO4P. The van der Waals surface area contributed by atoms with Gasteiger partial charge in [0.2, 0.25) is 0 Å². The van der Waals surface area contributed by atoms with Gasteiger partial charge in [0, 0.05) is 18.7 Å². The zero-order chi connectivity index (χ0) is 14.6. The van der Waals surface area contributed by atoms with E-state index in [0.29, 0.717) is 26.3 Å². The third-order valence-corrected chi connectivity index (χ3v) is 5.24. The lowest BCUT2D eigenvalue weighted by Gasteiger charge is -2.21. The normalized spacial score (nSPS) is 14.7. The molecule has 0 aliphatic carbocycles. The molecule has 1 heterocycles. The summed E-state index contributed by atoms with van der Waals surface area (Å²) in [6.45, 7) is 5.18. The highest BCUT2D eigenvalue weighted by molar-refractivity contribution is 7.53. The minimum absolute atomic E-state index is 0.0138. The Balaban J connectivity index is 1.99. The lowest BCUT2D eigenvalue weighted by molar-refractivity contribution is 0.0785. The number of carbonyl (C=O) groups is 1. The van der Waals surface area contributed by atoms with Gasteiger partial charge in [0.25, 0.3) is 5.91 Å². The van der Waals surface area contributed by atoms with Crippen molar-refractivity contribution in [2.45, 2.75) is 20.4 Å². The number of fused-ring (bicyclic) bond motifs is 1. The summed E-state index contributed by atoms with van der Waals surface area (Å²) in [4.78, 5) is 13.9. The maximum absolute atomic E-state index is 12.4. The van der Waals surface area contributed by atoms with Crippen molar-refractivity contribution < 1.29 is 18.4 Å². The van der Waals surface area contributed by atoms with Gasteiger partial charge in [0.1, 0.15) is 0 Å². The first kappa shape index (κ1) is 15.2. The first-order valence-corrected chi connectivity index (χ1v) is 8.57. The van der Waals surface area contributed by atoms with E-state index in [1.54, 1.807) is 18.7 Å². The molecule has 1 aliphatic rings. The van der Waals surface area contributed by atoms with Crippen LogP contribution in [0.15, 0.2) is 24.3 Å². The quantitative estimate of drug-likeness (QED) is 0.726. The van der Waals surface area contributed by atoms with Crippen LogP contribution in [-0.4, -0.2) is 36.7 Å². The molecule has 1 aliphatic heterocycles. The average molecular weight is 297 g/mol. The lowest BCUT2D eigenvalue weighted by Crippen LogP contribution is -2.27. The van der Waals surface area contributed by atoms with Gasteiger partial charge in [-0.05, 0) is 25.5 Å². The molecule has 0 aromatic heterocycles. The standard InChI is InChI=1S/C14H20NO4P/c1-3-18-20(17,19-4-2)10-9-15-11-12-7-5-6-8-13(12)14(15)16/h5-8H,3-4,9-11H2,1-2H3. The van der Waals surface area contributed by atoms with E-state index in [1.807, 2.05) is 24.3 Å². The summed E-state index contributed by atoms with van der Waals surface area (Å²) >= 11 is 0. The van der Waals surface area contributed by atoms with Gasteiger partial charge in [-0.3, -0.25) is 9.36 Å². The molecule has 1 aromatic rings. The van der Waals surface area contributed by atoms with Crippen LogP contribution in [0.3, 0.4) is 0 Å². The second kappa shape index (κ2) is 6.53. The molecule has 0 atom stereocenters. The molecule has 0 bridgehead atoms. The van der Waals surface area contributed by atoms with E-state index < -0.39 is 7.60 Å². The van der Waals surface area contributed by atoms with Crippen molar-refractivity contribution in [2.75, 3.05) is 25.9 Å². The molecule has 110 valence electrons. The molecular weight excluding hydrogens is 277 g/mol. The van der Waals surface area contributed by atoms with Crippen LogP contribution in [0.2, 0.25) is 0 Å². The van der Waals surface area contributed by atoms with Crippen LogP contribution in [0.25, 0.3) is 0 Å². The summed E-state index contributed by atoms with van der Waals surface area (Å²) < 4.78 is 22.8. The Labute approximate surface area is 119 Å². The van der Waals surface area contributed by atoms with Crippen LogP contribution >= 0.6 is 7.60 Å². The van der Waals surface area contributed by atoms with Crippen LogP contribution in [0, 0.1) is 0 Å². The Bertz CT molecular complexity index is 522. The monoisotopic (exact) mass is 297 g/mol. The molecule has 0 fully saturated rings. The molecule has 1 amide bonds. The molecule has 6 heteroatoms. The molecule has 0 spiro atoms. The van der Waals surface area contributed by atoms with E-state index in [-0.39, 0.29) is 12.1 Å². The fraction of sp³-hybridized carbons (Fsp3) is 0.500. The maximum atomic E-state index is 12.4. The van der Waals surface area contributed by atoms with Crippen molar-refractivity contribution >= 4 is 13.5 Å². The third kappa shape index (κ3) is 3.29. The van der Waals surface area contributed by atoms with E-state index in [0.717, 1.165) is 11.1 Å². The molecule has 0 unspecified atom stereocenters. The number of nitrogens with zero attached hydrogens (tertiary/aromatic N) is 1. The zero-order valence-electron chi connectivity index (χ0n) is 11.9. The summed E-state index contributed by atoms with van der Waals surface area (Å²) in [5.74, 6) is -0.0138. The highest BCUT2D eigenvalue weighted by atomic mass is 31.2. The van der Waals surface area contributed by atoms with Crippen LogP contribution in [0.4, 0.5) is 0 Å². The molecule has 0 N–H and O–H groups in total. The van der Waals surface area contributed by atoms with E-state index >= 15 is 0 Å². The van der Waals surface area contributed by atoms with Gasteiger partial charge in [-0.25, -0.2) is 0 Å². The molecule has 20 heavy (non-hydrogen) atoms. The SMILES string of the molecule is CCOP(=O)(CCN1Cc2ccccc2C1=O)OCC. The Kier molecular flexibility index (Phi) is 4.97. The summed E-state index contributed by atoms with van der Waals surface area (Å²) in [5, 5.41) is 0. The second-order valence-electron chi connectivity index (χ2n) is 4.55. The van der Waals surface area contributed by atoms with E-state index in [1.165, 1.54) is 0 Å². The maximum Gasteiger partial charge on any atom is 0.332 e. The summed E-state index contributed by atoms with van der Waals surface area (Å²) in [5.41, 5.74) is 1.75. The lowest BCUT2D eigenvalue weighted by atomic mass is 10.1. The van der Waals surface area contributed by atoms with Crippen LogP contribution in [0.5, 0.6) is 0 Å². The van der Waals surface area contributed by atoms with Gasteiger partial charge in [0.05, 0.1) is 19.4 Å². The Morgan fingerprint density at radius 3 is 2.45 bits per heavy atom. The smallest absolute Gasteiger partial charge is 0.332 e. The molecule has 1 aromatic carbocycles. The van der Waals surface area contributed by atoms with Gasteiger partial charge in [-0.2, -0.15) is 0 Å². The molecule has 0 saturated heterocycles. The molecule has 0 saturated carbocycles. The van der Waals surface area contributed by atoms with E-state index in [2.05, 4.69) is 0 Å². The number of carbonyl (C=O) groups excluding carboxylic acids is 1. The van der Waals surface area contributed by atoms with Gasteiger partial charge < -0.3 is 13.9 Å². The van der Waals surface area contributed by atoms with Crippen molar-refractivity contribution in [2.24, 2.45) is 0 Å². The highest BCUT2D eigenvalue weighted by Crippen LogP contribution is 2.47. The van der Waals surface area contributed by atoms with Gasteiger partial charge in [0.15, 0.2) is 0 Å². The zero-order valence-corrected chi connectivity index (χ0v) is 12.8. The molecule has 2 rings (SSSR count). The van der Waals surface area contributed by atoms with Gasteiger partial charge >= 0.3 is 7.60 Å². The first-order valence-electron chi connectivity index (χ1n) is 6.85. The fourth-order valence-electron chi connectivity index (χ4n) is 2.30. The Morgan fingerprint density at radius 1 is 1.20 bits per heavy atom. The minimum atomic E-state index is -3.09. The number of benzene rings is 1. The van der Waals surface area contributed by atoms with Crippen LogP contribution < -0.4 is 0 Å². The van der Waals surface area contributed by atoms with Crippen molar-refractivity contribution in [3.63, 3.8) is 0 Å². The number of amides is 1. The predicted octanol–water partition coefficient (Wildman–Crippen LogP) is 2.91. The van der Waals surface area contributed by atoms with Gasteiger partial charge in [-0.15, -0.1) is 0 Å². The topological polar surface area (TPSA) is 55.8 Å². The minimum Gasteiger partial charge on any atom is -0.334 e. The highest BCUT2D eigenvalue weighted by Gasteiger charge is 2.30. The number of hydrogen-bond donors (Lipinski definition) is 0. The van der Waals surface area contributed by atoms with Crippen molar-refractivity contribution in [3.05, 3.63) is 35.4 Å². The van der Waals surface area contributed by atoms with Crippen LogP contribution in [0.1, 0.15) is 29.8 Å². The summed E-state index contributed by atoms with van der Waals surface area (Å²) in [6, 6.07) is 7.53. The second-order valence-corrected chi connectivity index (χ2v) is 6.74. The first-order chi connectivity index (χ1) is 9.59. The Hall–Kier alpha value is -1.16. The average Bonchev–Trinajstić information content (AvgIpc) is 2.75. The molecule has 5 nitrogen and oxygen atoms in total. The number of hydrogen-bond acceptors (Lipinski definition) is 4. The van der Waals surface area contributed by atoms with E-state index in [4.69, 9.17) is 9.05 Å².